The number of aromatic nitrogens is 6. The first-order chi connectivity index (χ1) is 21.9. The van der Waals surface area contributed by atoms with E-state index in [1.807, 2.05) is 62.4 Å². The van der Waals surface area contributed by atoms with Crippen LogP contribution in [0.5, 0.6) is 0 Å². The molecule has 10 nitrogen and oxygen atoms in total. The van der Waals surface area contributed by atoms with Crippen molar-refractivity contribution < 1.29 is 9.05 Å². The third-order valence-corrected chi connectivity index (χ3v) is 7.85. The van der Waals surface area contributed by atoms with E-state index in [-0.39, 0.29) is 12.0 Å². The van der Waals surface area contributed by atoms with Crippen molar-refractivity contribution in [3.05, 3.63) is 139 Å². The van der Waals surface area contributed by atoms with E-state index in [1.165, 1.54) is 5.56 Å². The largest absolute Gasteiger partial charge is 0.439 e. The zero-order valence-electron chi connectivity index (χ0n) is 25.5. The van der Waals surface area contributed by atoms with Gasteiger partial charge in [-0.05, 0) is 42.5 Å². The second kappa shape index (κ2) is 13.1. The summed E-state index contributed by atoms with van der Waals surface area (Å²) in [5.74, 6) is 1.50. The molecule has 0 radical (unpaired) electrons. The van der Waals surface area contributed by atoms with Crippen LogP contribution in [0, 0.1) is 13.8 Å². The van der Waals surface area contributed by atoms with Crippen LogP contribution in [-0.4, -0.2) is 29.8 Å². The topological polar surface area (TPSA) is 133 Å². The lowest BCUT2D eigenvalue weighted by Gasteiger charge is -2.16. The molecule has 10 heteroatoms. The summed E-state index contributed by atoms with van der Waals surface area (Å²) in [6, 6.07) is 23.9. The van der Waals surface area contributed by atoms with Gasteiger partial charge in [-0.25, -0.2) is 9.78 Å². The summed E-state index contributed by atoms with van der Waals surface area (Å²) in [5.41, 5.74) is 6.97. The van der Waals surface area contributed by atoms with Crippen molar-refractivity contribution in [1.29, 1.82) is 0 Å². The molecular weight excluding hydrogens is 568 g/mol. The average Bonchev–Trinajstić information content (AvgIpc) is 3.69. The standard InChI is InChI=1S/C35H34N6O4/c1-4-5-10-31-36-23(3)29(20-32-37-30(39-44-32)19-24-13-11-22(2)12-14-24)34(42)41(31)21-25-15-17-26(18-16-25)27-8-6-7-9-28(27)33-38-35(43)45-40-33/h6-9,11-18H,4-5,10,19-21H2,1-3H3,(H,38,40,43). The van der Waals surface area contributed by atoms with Crippen molar-refractivity contribution in [2.75, 3.05) is 0 Å². The minimum Gasteiger partial charge on any atom is -0.339 e. The molecule has 228 valence electrons. The molecule has 0 saturated carbocycles. The van der Waals surface area contributed by atoms with Crippen LogP contribution in [0.25, 0.3) is 22.5 Å². The lowest BCUT2D eigenvalue weighted by molar-refractivity contribution is 0.379. The molecule has 0 aliphatic rings. The number of nitrogens with zero attached hydrogens (tertiary/aromatic N) is 5. The van der Waals surface area contributed by atoms with Crippen LogP contribution in [0.15, 0.2) is 91.4 Å². The summed E-state index contributed by atoms with van der Waals surface area (Å²) in [7, 11) is 0. The van der Waals surface area contributed by atoms with Crippen LogP contribution in [0.3, 0.4) is 0 Å². The van der Waals surface area contributed by atoms with Crippen molar-refractivity contribution in [1.82, 2.24) is 29.8 Å². The minimum atomic E-state index is -0.604. The smallest absolute Gasteiger partial charge is 0.339 e. The number of rotatable bonds is 11. The van der Waals surface area contributed by atoms with Crippen LogP contribution < -0.4 is 11.3 Å². The summed E-state index contributed by atoms with van der Waals surface area (Å²) >= 11 is 0. The van der Waals surface area contributed by atoms with E-state index in [0.29, 0.717) is 48.2 Å². The lowest BCUT2D eigenvalue weighted by atomic mass is 9.98. The third kappa shape index (κ3) is 6.75. The molecule has 1 N–H and O–H groups in total. The normalized spacial score (nSPS) is 11.3. The Balaban J connectivity index is 1.27. The number of H-pyrrole nitrogens is 1. The molecule has 6 aromatic rings. The van der Waals surface area contributed by atoms with Gasteiger partial charge in [0.1, 0.15) is 5.82 Å². The Morgan fingerprint density at radius 3 is 2.24 bits per heavy atom. The fourth-order valence-electron chi connectivity index (χ4n) is 5.38. The quantitative estimate of drug-likeness (QED) is 0.196. The fraction of sp³-hybridized carbons (Fsp3) is 0.257. The molecule has 0 bridgehead atoms. The van der Waals surface area contributed by atoms with Crippen LogP contribution in [0.1, 0.15) is 65.3 Å². The van der Waals surface area contributed by atoms with Crippen LogP contribution in [-0.2, 0) is 25.8 Å². The van der Waals surface area contributed by atoms with Crippen LogP contribution >= 0.6 is 0 Å². The Kier molecular flexibility index (Phi) is 8.63. The van der Waals surface area contributed by atoms with E-state index in [1.54, 1.807) is 4.57 Å². The highest BCUT2D eigenvalue weighted by atomic mass is 16.5. The first-order valence-corrected chi connectivity index (χ1v) is 15.1. The number of hydrogen-bond acceptors (Lipinski definition) is 8. The van der Waals surface area contributed by atoms with Gasteiger partial charge in [0, 0.05) is 29.7 Å². The van der Waals surface area contributed by atoms with Crippen molar-refractivity contribution in [3.8, 4) is 22.5 Å². The van der Waals surface area contributed by atoms with Gasteiger partial charge in [-0.1, -0.05) is 102 Å². The van der Waals surface area contributed by atoms with Crippen LogP contribution in [0.4, 0.5) is 0 Å². The van der Waals surface area contributed by atoms with Gasteiger partial charge in [0.05, 0.1) is 13.0 Å². The lowest BCUT2D eigenvalue weighted by Crippen LogP contribution is -2.30. The molecule has 0 fully saturated rings. The molecule has 6 rings (SSSR count). The maximum absolute atomic E-state index is 14.0. The third-order valence-electron chi connectivity index (χ3n) is 7.85. The Labute approximate surface area is 259 Å². The summed E-state index contributed by atoms with van der Waals surface area (Å²) in [6.07, 6.45) is 3.39. The molecule has 45 heavy (non-hydrogen) atoms. The molecule has 3 aromatic carbocycles. The molecule has 0 spiro atoms. The number of unbranched alkanes of at least 4 members (excludes halogenated alkanes) is 1. The van der Waals surface area contributed by atoms with E-state index >= 15 is 0 Å². The second-order valence-electron chi connectivity index (χ2n) is 11.2. The molecule has 0 aliphatic heterocycles. The SMILES string of the molecule is CCCCc1nc(C)c(Cc2nc(Cc3ccc(C)cc3)no2)c(=O)n1Cc1ccc(-c2ccccc2-c2noc(=O)[nH]2)cc1. The number of hydrogen-bond donors (Lipinski definition) is 1. The zero-order chi connectivity index (χ0) is 31.3. The van der Waals surface area contributed by atoms with Gasteiger partial charge < -0.3 is 4.52 Å². The molecule has 3 aromatic heterocycles. The summed E-state index contributed by atoms with van der Waals surface area (Å²) in [5, 5.41) is 8.01. The molecule has 0 amide bonds. The number of aromatic amines is 1. The van der Waals surface area contributed by atoms with Gasteiger partial charge in [-0.2, -0.15) is 4.98 Å². The Hall–Kier alpha value is -5.38. The monoisotopic (exact) mass is 602 g/mol. The highest BCUT2D eigenvalue weighted by Gasteiger charge is 2.18. The number of aryl methyl sites for hydroxylation is 3. The van der Waals surface area contributed by atoms with Gasteiger partial charge in [0.15, 0.2) is 11.6 Å². The number of nitrogens with one attached hydrogen (secondary N) is 1. The maximum Gasteiger partial charge on any atom is 0.439 e. The number of benzene rings is 3. The predicted octanol–water partition coefficient (Wildman–Crippen LogP) is 5.83. The average molecular weight is 603 g/mol. The van der Waals surface area contributed by atoms with E-state index < -0.39 is 5.76 Å². The molecule has 0 atom stereocenters. The first-order valence-electron chi connectivity index (χ1n) is 15.1. The van der Waals surface area contributed by atoms with Gasteiger partial charge >= 0.3 is 5.76 Å². The summed E-state index contributed by atoms with van der Waals surface area (Å²) in [4.78, 5) is 37.6. The first kappa shape index (κ1) is 29.7. The van der Waals surface area contributed by atoms with E-state index in [0.717, 1.165) is 46.5 Å². The summed E-state index contributed by atoms with van der Waals surface area (Å²) < 4.78 is 12.0. The Bertz CT molecular complexity index is 2030. The fourth-order valence-corrected chi connectivity index (χ4v) is 5.38. The van der Waals surface area contributed by atoms with Crippen molar-refractivity contribution in [2.45, 2.75) is 59.4 Å². The molecular formula is C35H34N6O4. The van der Waals surface area contributed by atoms with E-state index in [4.69, 9.17) is 14.0 Å². The van der Waals surface area contributed by atoms with Crippen molar-refractivity contribution >= 4 is 0 Å². The maximum atomic E-state index is 14.0. The van der Waals surface area contributed by atoms with Crippen molar-refractivity contribution in [2.24, 2.45) is 0 Å². The molecule has 3 heterocycles. The highest BCUT2D eigenvalue weighted by Crippen LogP contribution is 2.30. The second-order valence-corrected chi connectivity index (χ2v) is 11.2. The molecule has 0 unspecified atom stereocenters. The van der Waals surface area contributed by atoms with Crippen molar-refractivity contribution in [3.63, 3.8) is 0 Å². The van der Waals surface area contributed by atoms with Gasteiger partial charge in [0.2, 0.25) is 5.89 Å². The van der Waals surface area contributed by atoms with Gasteiger partial charge in [-0.15, -0.1) is 0 Å². The van der Waals surface area contributed by atoms with Gasteiger partial charge in [0.25, 0.3) is 5.56 Å². The summed E-state index contributed by atoms with van der Waals surface area (Å²) in [6.45, 7) is 6.42. The molecule has 0 aliphatic carbocycles. The highest BCUT2D eigenvalue weighted by molar-refractivity contribution is 5.80. The molecule has 0 saturated heterocycles. The van der Waals surface area contributed by atoms with E-state index in [9.17, 15) is 9.59 Å². The Morgan fingerprint density at radius 1 is 0.800 bits per heavy atom. The zero-order valence-corrected chi connectivity index (χ0v) is 25.5. The van der Waals surface area contributed by atoms with Gasteiger partial charge in [-0.3, -0.25) is 18.9 Å². The minimum absolute atomic E-state index is 0.101. The van der Waals surface area contributed by atoms with Crippen LogP contribution in [0.2, 0.25) is 0 Å². The predicted molar refractivity (Wildman–Crippen MR) is 170 cm³/mol. The van der Waals surface area contributed by atoms with E-state index in [2.05, 4.69) is 51.5 Å². The Morgan fingerprint density at radius 2 is 1.53 bits per heavy atom.